The number of pyridine rings is 1. The summed E-state index contributed by atoms with van der Waals surface area (Å²) >= 11 is 0. The Morgan fingerprint density at radius 3 is 2.47 bits per heavy atom. The van der Waals surface area contributed by atoms with Crippen molar-refractivity contribution in [1.82, 2.24) is 14.9 Å². The number of halogens is 3. The highest BCUT2D eigenvalue weighted by Crippen LogP contribution is 2.41. The number of amides is 2. The van der Waals surface area contributed by atoms with E-state index >= 15 is 13.2 Å². The topological polar surface area (TPSA) is 95.9 Å². The first-order valence-electron chi connectivity index (χ1n) is 14.6. The number of carbonyl (C=O) groups excluding carboxylic acids is 1. The third-order valence-electron chi connectivity index (χ3n) is 7.46. The van der Waals surface area contributed by atoms with Crippen molar-refractivity contribution in [2.24, 2.45) is 5.41 Å². The fourth-order valence-corrected chi connectivity index (χ4v) is 5.61. The monoisotopic (exact) mass is 642 g/mol. The molecule has 1 saturated heterocycles. The van der Waals surface area contributed by atoms with Crippen LogP contribution in [0, 0.1) is 22.9 Å². The maximum atomic E-state index is 15.5. The number of ether oxygens (including phenoxy) is 4. The van der Waals surface area contributed by atoms with Crippen molar-refractivity contribution < 1.29 is 36.9 Å². The predicted octanol–water partition coefficient (Wildman–Crippen LogP) is 7.39. The van der Waals surface area contributed by atoms with Gasteiger partial charge in [-0.3, -0.25) is 0 Å². The molecule has 0 atom stereocenters. The molecule has 2 amide bonds. The van der Waals surface area contributed by atoms with E-state index in [-0.39, 0.29) is 34.9 Å². The SMILES string of the molecule is COc1cccc(-c2cn(COCC[Si](C)(C)C)c3nccc(Oc4c(F)cc(NC(=O)NCC5(C)COC5)cc4F)c23)c1F. The third kappa shape index (κ3) is 7.43. The molecule has 3 heterocycles. The number of aromatic nitrogens is 2. The van der Waals surface area contributed by atoms with Crippen LogP contribution in [-0.4, -0.2) is 57.1 Å². The summed E-state index contributed by atoms with van der Waals surface area (Å²) in [6.45, 7) is 10.8. The van der Waals surface area contributed by atoms with Crippen LogP contribution in [0.4, 0.5) is 23.7 Å². The quantitative estimate of drug-likeness (QED) is 0.124. The lowest BCUT2D eigenvalue weighted by Gasteiger charge is -2.37. The minimum absolute atomic E-state index is 0.0329. The molecular weight excluding hydrogens is 605 g/mol. The van der Waals surface area contributed by atoms with E-state index in [0.29, 0.717) is 43.0 Å². The molecule has 1 fully saturated rings. The number of hydrogen-bond acceptors (Lipinski definition) is 6. The maximum Gasteiger partial charge on any atom is 0.319 e. The molecule has 240 valence electrons. The Labute approximate surface area is 260 Å². The highest BCUT2D eigenvalue weighted by atomic mass is 28.3. The van der Waals surface area contributed by atoms with E-state index < -0.39 is 37.3 Å². The van der Waals surface area contributed by atoms with Gasteiger partial charge in [-0.1, -0.05) is 38.7 Å². The van der Waals surface area contributed by atoms with Crippen molar-refractivity contribution in [3.8, 4) is 28.4 Å². The van der Waals surface area contributed by atoms with Crippen molar-refractivity contribution in [1.29, 1.82) is 0 Å². The Balaban J connectivity index is 1.46. The van der Waals surface area contributed by atoms with Crippen LogP contribution < -0.4 is 20.1 Å². The van der Waals surface area contributed by atoms with E-state index in [1.165, 1.54) is 25.4 Å². The van der Waals surface area contributed by atoms with Crippen molar-refractivity contribution in [3.05, 3.63) is 66.2 Å². The molecule has 0 radical (unpaired) electrons. The zero-order chi connectivity index (χ0) is 32.4. The Kier molecular flexibility index (Phi) is 9.42. The normalized spacial score (nSPS) is 14.2. The van der Waals surface area contributed by atoms with E-state index in [2.05, 4.69) is 35.3 Å². The molecule has 0 spiro atoms. The van der Waals surface area contributed by atoms with Gasteiger partial charge in [0.25, 0.3) is 0 Å². The predicted molar refractivity (Wildman–Crippen MR) is 168 cm³/mol. The molecule has 4 aromatic rings. The Hall–Kier alpha value is -4.07. The lowest BCUT2D eigenvalue weighted by molar-refractivity contribution is -0.0974. The number of hydrogen-bond donors (Lipinski definition) is 2. The number of methoxy groups -OCH3 is 1. The number of nitrogens with one attached hydrogen (secondary N) is 2. The Bertz CT molecular complexity index is 1680. The fourth-order valence-electron chi connectivity index (χ4n) is 4.85. The molecule has 0 aliphatic carbocycles. The molecule has 9 nitrogen and oxygen atoms in total. The van der Waals surface area contributed by atoms with Gasteiger partial charge in [-0.2, -0.15) is 0 Å². The summed E-state index contributed by atoms with van der Waals surface area (Å²) in [4.78, 5) is 16.8. The molecule has 0 saturated carbocycles. The van der Waals surface area contributed by atoms with Crippen molar-refractivity contribution >= 4 is 30.8 Å². The Morgan fingerprint density at radius 1 is 1.09 bits per heavy atom. The summed E-state index contributed by atoms with van der Waals surface area (Å²) in [7, 11) is 0.0285. The van der Waals surface area contributed by atoms with E-state index in [4.69, 9.17) is 18.9 Å². The minimum atomic E-state index is -1.34. The largest absolute Gasteiger partial charge is 0.494 e. The van der Waals surface area contributed by atoms with Gasteiger partial charge in [0, 0.05) is 68.0 Å². The van der Waals surface area contributed by atoms with Crippen LogP contribution in [0.3, 0.4) is 0 Å². The highest BCUT2D eigenvalue weighted by molar-refractivity contribution is 6.76. The summed E-state index contributed by atoms with van der Waals surface area (Å²) < 4.78 is 70.0. The molecule has 0 unspecified atom stereocenters. The molecule has 2 aromatic carbocycles. The number of urea groups is 1. The minimum Gasteiger partial charge on any atom is -0.494 e. The molecule has 45 heavy (non-hydrogen) atoms. The van der Waals surface area contributed by atoms with Gasteiger partial charge in [0.2, 0.25) is 0 Å². The third-order valence-corrected chi connectivity index (χ3v) is 9.17. The van der Waals surface area contributed by atoms with Gasteiger partial charge in [-0.25, -0.2) is 22.9 Å². The van der Waals surface area contributed by atoms with Gasteiger partial charge >= 0.3 is 6.03 Å². The number of carbonyl (C=O) groups is 1. The first-order valence-corrected chi connectivity index (χ1v) is 18.3. The first kappa shape index (κ1) is 32.3. The van der Waals surface area contributed by atoms with Gasteiger partial charge in [0.05, 0.1) is 25.7 Å². The van der Waals surface area contributed by atoms with Gasteiger partial charge in [0.15, 0.2) is 29.0 Å². The van der Waals surface area contributed by atoms with E-state index in [9.17, 15) is 4.79 Å². The Morgan fingerprint density at radius 2 is 1.82 bits per heavy atom. The molecule has 2 N–H and O–H groups in total. The number of anilines is 1. The summed E-state index contributed by atoms with van der Waals surface area (Å²) in [6.07, 6.45) is 3.11. The van der Waals surface area contributed by atoms with E-state index in [0.717, 1.165) is 18.2 Å². The average Bonchev–Trinajstić information content (AvgIpc) is 3.34. The molecule has 5 rings (SSSR count). The van der Waals surface area contributed by atoms with Crippen LogP contribution in [-0.2, 0) is 16.2 Å². The lowest BCUT2D eigenvalue weighted by Crippen LogP contribution is -2.49. The molecule has 1 aliphatic heterocycles. The van der Waals surface area contributed by atoms with Crippen LogP contribution in [0.15, 0.2) is 48.8 Å². The summed E-state index contributed by atoms with van der Waals surface area (Å²) in [5.74, 6) is -3.31. The smallest absolute Gasteiger partial charge is 0.319 e. The maximum absolute atomic E-state index is 15.5. The number of nitrogens with zero attached hydrogens (tertiary/aromatic N) is 2. The van der Waals surface area contributed by atoms with E-state index in [1.54, 1.807) is 22.9 Å². The van der Waals surface area contributed by atoms with Crippen LogP contribution >= 0.6 is 0 Å². The molecule has 1 aliphatic rings. The summed E-state index contributed by atoms with van der Waals surface area (Å²) in [6, 6.07) is 8.43. The first-order chi connectivity index (χ1) is 21.4. The van der Waals surface area contributed by atoms with Crippen molar-refractivity contribution in [2.45, 2.75) is 39.3 Å². The van der Waals surface area contributed by atoms with E-state index in [1.807, 2.05) is 6.92 Å². The van der Waals surface area contributed by atoms with Crippen LogP contribution in [0.1, 0.15) is 6.92 Å². The van der Waals surface area contributed by atoms with Crippen molar-refractivity contribution in [2.75, 3.05) is 38.8 Å². The zero-order valence-electron chi connectivity index (χ0n) is 25.9. The fraction of sp³-hybridized carbons (Fsp3) is 0.375. The number of fused-ring (bicyclic) bond motifs is 1. The zero-order valence-corrected chi connectivity index (χ0v) is 26.9. The molecule has 2 aromatic heterocycles. The van der Waals surface area contributed by atoms with Gasteiger partial charge in [-0.15, -0.1) is 0 Å². The average molecular weight is 643 g/mol. The molecular formula is C32H37F3N4O5Si. The second-order valence-corrected chi connectivity index (χ2v) is 18.3. The summed E-state index contributed by atoms with van der Waals surface area (Å²) in [5, 5.41) is 5.46. The van der Waals surface area contributed by atoms with Crippen LogP contribution in [0.2, 0.25) is 25.7 Å². The standard InChI is InChI=1S/C32H37F3N4O5Si/c1-32(17-43-18-32)16-37-31(40)38-20-13-23(33)29(24(34)14-20)44-25-9-10-36-30-27(25)22(21-7-6-8-26(41-2)28(21)35)15-39(30)19-42-11-12-45(3,4)5/h6-10,13-15H,11-12,16-19H2,1-5H3,(H2,37,38,40). The van der Waals surface area contributed by atoms with Crippen LogP contribution in [0.5, 0.6) is 17.2 Å². The number of rotatable bonds is 12. The second kappa shape index (κ2) is 13.1. The molecule has 13 heteroatoms. The van der Waals surface area contributed by atoms with Crippen molar-refractivity contribution in [3.63, 3.8) is 0 Å². The molecule has 0 bridgehead atoms. The second-order valence-electron chi connectivity index (χ2n) is 12.7. The van der Waals surface area contributed by atoms with Gasteiger partial charge in [-0.05, 0) is 18.2 Å². The lowest BCUT2D eigenvalue weighted by atomic mass is 9.89. The van der Waals surface area contributed by atoms with Gasteiger partial charge < -0.3 is 34.1 Å². The van der Waals surface area contributed by atoms with Gasteiger partial charge in [0.1, 0.15) is 18.1 Å². The number of benzene rings is 2. The van der Waals surface area contributed by atoms with Crippen LogP contribution in [0.25, 0.3) is 22.2 Å². The highest BCUT2D eigenvalue weighted by Gasteiger charge is 2.33. The summed E-state index contributed by atoms with van der Waals surface area (Å²) in [5.41, 5.74) is 0.670.